The van der Waals surface area contributed by atoms with Gasteiger partial charge >= 0.3 is 6.03 Å². The Morgan fingerprint density at radius 1 is 1.21 bits per heavy atom. The predicted molar refractivity (Wildman–Crippen MR) is 104 cm³/mol. The molecule has 3 fully saturated rings. The summed E-state index contributed by atoms with van der Waals surface area (Å²) >= 11 is 0. The molecule has 158 valence electrons. The van der Waals surface area contributed by atoms with Gasteiger partial charge in [-0.1, -0.05) is 32.6 Å². The van der Waals surface area contributed by atoms with Crippen molar-refractivity contribution in [2.24, 2.45) is 0 Å². The first kappa shape index (κ1) is 21.1. The number of carbonyl (C=O) groups is 3. The van der Waals surface area contributed by atoms with Gasteiger partial charge in [-0.3, -0.25) is 14.5 Å². The molecule has 0 aromatic rings. The maximum atomic E-state index is 13.1. The normalized spacial score (nSPS) is 26.3. The predicted octanol–water partition coefficient (Wildman–Crippen LogP) is 1.40. The fourth-order valence-corrected chi connectivity index (χ4v) is 6.49. The summed E-state index contributed by atoms with van der Waals surface area (Å²) in [7, 11) is -1.48. The summed E-state index contributed by atoms with van der Waals surface area (Å²) in [6, 6.07) is -0.784. The first-order valence-corrected chi connectivity index (χ1v) is 12.1. The lowest BCUT2D eigenvalue weighted by Crippen LogP contribution is -2.50. The smallest absolute Gasteiger partial charge is 0.327 e. The number of imide groups is 1. The molecule has 2 heterocycles. The summed E-state index contributed by atoms with van der Waals surface area (Å²) in [5.74, 6) is -0.559. The molecule has 4 amide bonds. The first-order chi connectivity index (χ1) is 13.2. The lowest BCUT2D eigenvalue weighted by atomic mass is 9.81. The summed E-state index contributed by atoms with van der Waals surface area (Å²) < 4.78 is 23.7. The Labute approximate surface area is 167 Å². The van der Waals surface area contributed by atoms with E-state index in [4.69, 9.17) is 0 Å². The van der Waals surface area contributed by atoms with E-state index in [2.05, 4.69) is 0 Å². The van der Waals surface area contributed by atoms with E-state index in [0.717, 1.165) is 37.0 Å². The zero-order chi connectivity index (χ0) is 20.5. The first-order valence-electron chi connectivity index (χ1n) is 10.3. The van der Waals surface area contributed by atoms with Crippen molar-refractivity contribution in [3.05, 3.63) is 0 Å². The molecule has 9 heteroatoms. The molecule has 3 aliphatic rings. The quantitative estimate of drug-likeness (QED) is 0.614. The molecule has 2 aliphatic heterocycles. The molecule has 28 heavy (non-hydrogen) atoms. The van der Waals surface area contributed by atoms with Crippen molar-refractivity contribution >= 4 is 27.7 Å². The minimum Gasteiger partial charge on any atom is -0.337 e. The van der Waals surface area contributed by atoms with E-state index in [-0.39, 0.29) is 35.9 Å². The van der Waals surface area contributed by atoms with E-state index in [9.17, 15) is 22.8 Å². The largest absolute Gasteiger partial charge is 0.337 e. The summed E-state index contributed by atoms with van der Waals surface area (Å²) in [5, 5.41) is 0. The van der Waals surface area contributed by atoms with E-state index >= 15 is 0 Å². The van der Waals surface area contributed by atoms with Crippen molar-refractivity contribution in [1.82, 2.24) is 14.7 Å². The van der Waals surface area contributed by atoms with Gasteiger partial charge in [0.1, 0.15) is 12.1 Å². The maximum absolute atomic E-state index is 13.1. The number of amides is 4. The SMILES string of the molecule is CCCCN(C(=O)CN1C(=O)N(C)C2(CCCCC2)C1=O)C1CCS(=O)(=O)C1. The second-order valence-electron chi connectivity index (χ2n) is 8.32. The van der Waals surface area contributed by atoms with Crippen molar-refractivity contribution < 1.29 is 22.8 Å². The highest BCUT2D eigenvalue weighted by molar-refractivity contribution is 7.91. The molecule has 0 bridgehead atoms. The van der Waals surface area contributed by atoms with Gasteiger partial charge in [-0.05, 0) is 25.7 Å². The van der Waals surface area contributed by atoms with Crippen LogP contribution in [-0.2, 0) is 19.4 Å². The number of likely N-dealkylation sites (N-methyl/N-ethyl adjacent to an activating group) is 1. The molecule has 8 nitrogen and oxygen atoms in total. The Morgan fingerprint density at radius 2 is 1.89 bits per heavy atom. The second kappa shape index (κ2) is 8.00. The highest BCUT2D eigenvalue weighted by Crippen LogP contribution is 2.39. The summed E-state index contributed by atoms with van der Waals surface area (Å²) in [6.45, 7) is 2.15. The zero-order valence-electron chi connectivity index (χ0n) is 16.9. The Morgan fingerprint density at radius 3 is 2.46 bits per heavy atom. The molecule has 1 aliphatic carbocycles. The molecule has 1 spiro atoms. The molecule has 1 unspecified atom stereocenters. The van der Waals surface area contributed by atoms with Crippen LogP contribution in [0.2, 0.25) is 0 Å². The Bertz CT molecular complexity index is 745. The van der Waals surface area contributed by atoms with E-state index in [1.807, 2.05) is 6.92 Å². The fourth-order valence-electron chi connectivity index (χ4n) is 4.76. The van der Waals surface area contributed by atoms with Crippen LogP contribution in [0.1, 0.15) is 58.3 Å². The average molecular weight is 414 g/mol. The third-order valence-electron chi connectivity index (χ3n) is 6.50. The molecule has 0 N–H and O–H groups in total. The number of hydrogen-bond donors (Lipinski definition) is 0. The van der Waals surface area contributed by atoms with Crippen LogP contribution in [-0.4, -0.2) is 84.2 Å². The molecule has 2 saturated heterocycles. The third-order valence-corrected chi connectivity index (χ3v) is 8.25. The van der Waals surface area contributed by atoms with Crippen LogP contribution in [0.5, 0.6) is 0 Å². The lowest BCUT2D eigenvalue weighted by Gasteiger charge is -2.36. The van der Waals surface area contributed by atoms with Gasteiger partial charge in [0.25, 0.3) is 5.91 Å². The van der Waals surface area contributed by atoms with Crippen LogP contribution in [0, 0.1) is 0 Å². The average Bonchev–Trinajstić information content (AvgIpc) is 3.10. The number of sulfone groups is 1. The van der Waals surface area contributed by atoms with Crippen molar-refractivity contribution in [3.63, 3.8) is 0 Å². The minimum atomic E-state index is -3.13. The van der Waals surface area contributed by atoms with Crippen LogP contribution in [0.25, 0.3) is 0 Å². The van der Waals surface area contributed by atoms with Crippen molar-refractivity contribution in [3.8, 4) is 0 Å². The van der Waals surface area contributed by atoms with E-state index in [1.54, 1.807) is 11.9 Å². The number of unbranched alkanes of at least 4 members (excludes halogenated alkanes) is 1. The van der Waals surface area contributed by atoms with Gasteiger partial charge in [-0.2, -0.15) is 0 Å². The number of hydrogen-bond acceptors (Lipinski definition) is 5. The highest BCUT2D eigenvalue weighted by atomic mass is 32.2. The van der Waals surface area contributed by atoms with Crippen LogP contribution < -0.4 is 0 Å². The standard InChI is InChI=1S/C19H31N3O5S/c1-3-4-11-21(15-8-12-28(26,27)14-15)16(23)13-22-17(24)19(20(2)18(22)25)9-6-5-7-10-19/h15H,3-14H2,1-2H3. The molecule has 1 atom stereocenters. The molecule has 1 saturated carbocycles. The number of urea groups is 1. The highest BCUT2D eigenvalue weighted by Gasteiger charge is 2.56. The Balaban J connectivity index is 1.75. The van der Waals surface area contributed by atoms with E-state index in [0.29, 0.717) is 25.8 Å². The molecule has 0 radical (unpaired) electrons. The summed E-state index contributed by atoms with van der Waals surface area (Å²) in [6.07, 6.45) is 6.17. The third kappa shape index (κ3) is 3.77. The van der Waals surface area contributed by atoms with Gasteiger partial charge in [0.05, 0.1) is 11.5 Å². The molecular formula is C19H31N3O5S. The molecule has 0 aromatic carbocycles. The monoisotopic (exact) mass is 413 g/mol. The van der Waals surface area contributed by atoms with Crippen molar-refractivity contribution in [2.75, 3.05) is 31.6 Å². The minimum absolute atomic E-state index is 0.0335. The van der Waals surface area contributed by atoms with Crippen LogP contribution in [0.3, 0.4) is 0 Å². The maximum Gasteiger partial charge on any atom is 0.327 e. The van der Waals surface area contributed by atoms with Gasteiger partial charge in [0.15, 0.2) is 9.84 Å². The van der Waals surface area contributed by atoms with Crippen LogP contribution in [0.4, 0.5) is 4.79 Å². The van der Waals surface area contributed by atoms with E-state index in [1.165, 1.54) is 4.90 Å². The number of carbonyl (C=O) groups excluding carboxylic acids is 3. The summed E-state index contributed by atoms with van der Waals surface area (Å²) in [5.41, 5.74) is -0.805. The second-order valence-corrected chi connectivity index (χ2v) is 10.6. The topological polar surface area (TPSA) is 95.1 Å². The molecule has 3 rings (SSSR count). The van der Waals surface area contributed by atoms with Gasteiger partial charge in [0.2, 0.25) is 5.91 Å². The lowest BCUT2D eigenvalue weighted by molar-refractivity contribution is -0.141. The molecular weight excluding hydrogens is 382 g/mol. The van der Waals surface area contributed by atoms with E-state index < -0.39 is 21.4 Å². The number of rotatable bonds is 6. The van der Waals surface area contributed by atoms with Crippen LogP contribution in [0.15, 0.2) is 0 Å². The van der Waals surface area contributed by atoms with Crippen LogP contribution >= 0.6 is 0 Å². The Kier molecular flexibility index (Phi) is 6.03. The fraction of sp³-hybridized carbons (Fsp3) is 0.842. The summed E-state index contributed by atoms with van der Waals surface area (Å²) in [4.78, 5) is 43.1. The number of nitrogens with zero attached hydrogens (tertiary/aromatic N) is 3. The van der Waals surface area contributed by atoms with Gasteiger partial charge < -0.3 is 9.80 Å². The van der Waals surface area contributed by atoms with Crippen molar-refractivity contribution in [1.29, 1.82) is 0 Å². The van der Waals surface area contributed by atoms with Crippen molar-refractivity contribution in [2.45, 2.75) is 69.9 Å². The Hall–Kier alpha value is -1.64. The molecule has 0 aromatic heterocycles. The van der Waals surface area contributed by atoms with Gasteiger partial charge in [0, 0.05) is 19.6 Å². The van der Waals surface area contributed by atoms with Gasteiger partial charge in [-0.15, -0.1) is 0 Å². The van der Waals surface area contributed by atoms with Gasteiger partial charge in [-0.25, -0.2) is 13.2 Å². The zero-order valence-corrected chi connectivity index (χ0v) is 17.7.